The van der Waals surface area contributed by atoms with Crippen molar-refractivity contribution in [2.24, 2.45) is 0 Å². The van der Waals surface area contributed by atoms with Gasteiger partial charge in [0.2, 0.25) is 0 Å². The van der Waals surface area contributed by atoms with Gasteiger partial charge in [-0.25, -0.2) is 4.79 Å². The number of hydrogen-bond donors (Lipinski definition) is 1. The molecule has 1 saturated heterocycles. The Labute approximate surface area is 92.8 Å². The lowest BCUT2D eigenvalue weighted by atomic mass is 10.0. The van der Waals surface area contributed by atoms with Gasteiger partial charge in [0.1, 0.15) is 12.2 Å². The van der Waals surface area contributed by atoms with E-state index in [0.717, 1.165) is 5.56 Å². The molecule has 0 bridgehead atoms. The predicted octanol–water partition coefficient (Wildman–Crippen LogP) is 1.80. The highest BCUT2D eigenvalue weighted by atomic mass is 16.6. The minimum absolute atomic E-state index is 0.0609. The van der Waals surface area contributed by atoms with Crippen LogP contribution in [0.5, 0.6) is 0 Å². The minimum atomic E-state index is -0.971. The Hall–Kier alpha value is -1.68. The molecule has 2 rings (SSSR count). The number of carboxylic acids is 1. The van der Waals surface area contributed by atoms with Crippen LogP contribution in [0.25, 0.3) is 0 Å². The Morgan fingerprint density at radius 3 is 2.81 bits per heavy atom. The number of rotatable bonds is 4. The number of aromatic carboxylic acids is 1. The Morgan fingerprint density at radius 2 is 2.19 bits per heavy atom. The van der Waals surface area contributed by atoms with Gasteiger partial charge in [-0.2, -0.15) is 0 Å². The summed E-state index contributed by atoms with van der Waals surface area (Å²) in [5, 5.41) is 8.82. The molecule has 0 aromatic heterocycles. The Balaban J connectivity index is 2.15. The zero-order valence-corrected chi connectivity index (χ0v) is 8.84. The third-order valence-electron chi connectivity index (χ3n) is 2.62. The first kappa shape index (κ1) is 10.8. The molecule has 0 amide bonds. The van der Waals surface area contributed by atoms with Crippen molar-refractivity contribution in [3.8, 4) is 0 Å². The number of epoxide rings is 1. The lowest BCUT2D eigenvalue weighted by molar-refractivity contribution is -0.119. The van der Waals surface area contributed by atoms with Gasteiger partial charge < -0.3 is 9.84 Å². The number of ether oxygens (including phenoxy) is 1. The topological polar surface area (TPSA) is 66.9 Å². The number of benzene rings is 1. The average Bonchev–Trinajstić information content (AvgIpc) is 3.08. The molecule has 1 aromatic carbocycles. The highest BCUT2D eigenvalue weighted by Crippen LogP contribution is 2.39. The van der Waals surface area contributed by atoms with Gasteiger partial charge in [-0.05, 0) is 17.7 Å². The number of carbonyl (C=O) groups excluding carboxylic acids is 1. The maximum absolute atomic E-state index is 11.3. The van der Waals surface area contributed by atoms with Crippen molar-refractivity contribution in [3.63, 3.8) is 0 Å². The molecular formula is C12H12O4. The lowest BCUT2D eigenvalue weighted by Crippen LogP contribution is -2.05. The van der Waals surface area contributed by atoms with Crippen LogP contribution in [0, 0.1) is 0 Å². The van der Waals surface area contributed by atoms with Gasteiger partial charge in [-0.15, -0.1) is 0 Å². The Bertz CT molecular complexity index is 438. The second-order valence-corrected chi connectivity index (χ2v) is 3.73. The zero-order valence-electron chi connectivity index (χ0n) is 8.84. The van der Waals surface area contributed by atoms with E-state index >= 15 is 0 Å². The quantitative estimate of drug-likeness (QED) is 0.786. The summed E-state index contributed by atoms with van der Waals surface area (Å²) >= 11 is 0. The summed E-state index contributed by atoms with van der Waals surface area (Å²) in [6, 6.07) is 6.51. The zero-order chi connectivity index (χ0) is 11.7. The van der Waals surface area contributed by atoms with Crippen LogP contribution in [-0.2, 0) is 9.53 Å². The predicted molar refractivity (Wildman–Crippen MR) is 56.3 cm³/mol. The van der Waals surface area contributed by atoms with Crippen molar-refractivity contribution >= 4 is 11.8 Å². The van der Waals surface area contributed by atoms with Crippen LogP contribution in [0.15, 0.2) is 24.3 Å². The van der Waals surface area contributed by atoms with Gasteiger partial charge in [-0.3, -0.25) is 4.79 Å². The highest BCUT2D eigenvalue weighted by Gasteiger charge is 2.44. The standard InChI is InChI=1S/C12H12O4/c1-2-9(13)11-10(16-11)7-4-3-5-8(6-7)12(14)15/h3-6,10-11H,2H2,1H3,(H,14,15). The van der Waals surface area contributed by atoms with Crippen LogP contribution in [-0.4, -0.2) is 23.0 Å². The molecule has 84 valence electrons. The van der Waals surface area contributed by atoms with Gasteiger partial charge >= 0.3 is 5.97 Å². The summed E-state index contributed by atoms with van der Waals surface area (Å²) in [7, 11) is 0. The number of hydrogen-bond acceptors (Lipinski definition) is 3. The second kappa shape index (κ2) is 4.06. The molecule has 4 heteroatoms. The molecule has 1 N–H and O–H groups in total. The van der Waals surface area contributed by atoms with Crippen LogP contribution in [0.4, 0.5) is 0 Å². The minimum Gasteiger partial charge on any atom is -0.478 e. The summed E-state index contributed by atoms with van der Waals surface area (Å²) < 4.78 is 5.25. The van der Waals surface area contributed by atoms with Crippen LogP contribution < -0.4 is 0 Å². The van der Waals surface area contributed by atoms with E-state index in [1.165, 1.54) is 6.07 Å². The van der Waals surface area contributed by atoms with Crippen molar-refractivity contribution in [1.29, 1.82) is 0 Å². The fourth-order valence-electron chi connectivity index (χ4n) is 1.66. The monoisotopic (exact) mass is 220 g/mol. The normalized spacial score (nSPS) is 22.8. The highest BCUT2D eigenvalue weighted by molar-refractivity contribution is 5.88. The maximum Gasteiger partial charge on any atom is 0.335 e. The molecule has 1 aromatic rings. The van der Waals surface area contributed by atoms with Crippen molar-refractivity contribution in [2.45, 2.75) is 25.6 Å². The van der Waals surface area contributed by atoms with Crippen molar-refractivity contribution in [2.75, 3.05) is 0 Å². The molecule has 2 atom stereocenters. The Kier molecular flexibility index (Phi) is 2.75. The van der Waals surface area contributed by atoms with E-state index in [1.807, 2.05) is 0 Å². The number of carbonyl (C=O) groups is 2. The smallest absolute Gasteiger partial charge is 0.335 e. The number of carboxylic acid groups (broad SMARTS) is 1. The second-order valence-electron chi connectivity index (χ2n) is 3.73. The third kappa shape index (κ3) is 1.97. The molecular weight excluding hydrogens is 208 g/mol. The van der Waals surface area contributed by atoms with Crippen molar-refractivity contribution in [3.05, 3.63) is 35.4 Å². The van der Waals surface area contributed by atoms with E-state index in [1.54, 1.807) is 25.1 Å². The van der Waals surface area contributed by atoms with E-state index < -0.39 is 5.97 Å². The van der Waals surface area contributed by atoms with Crippen LogP contribution >= 0.6 is 0 Å². The first-order chi connectivity index (χ1) is 7.63. The summed E-state index contributed by atoms with van der Waals surface area (Å²) in [6.45, 7) is 1.79. The molecule has 0 radical (unpaired) electrons. The number of Topliss-reactive ketones (excluding diaryl/α,β-unsaturated/α-hetero) is 1. The Morgan fingerprint density at radius 1 is 1.44 bits per heavy atom. The molecule has 1 fully saturated rings. The SMILES string of the molecule is CCC(=O)C1OC1c1cccc(C(=O)O)c1. The van der Waals surface area contributed by atoms with Crippen LogP contribution in [0.3, 0.4) is 0 Å². The summed E-state index contributed by atoms with van der Waals surface area (Å²) in [5.74, 6) is -0.911. The van der Waals surface area contributed by atoms with Gasteiger partial charge in [-0.1, -0.05) is 19.1 Å². The molecule has 0 spiro atoms. The molecule has 0 saturated carbocycles. The molecule has 2 unspecified atom stereocenters. The van der Waals surface area contributed by atoms with Gasteiger partial charge in [0.15, 0.2) is 5.78 Å². The maximum atomic E-state index is 11.3. The van der Waals surface area contributed by atoms with Crippen LogP contribution in [0.1, 0.15) is 35.4 Å². The van der Waals surface area contributed by atoms with E-state index in [2.05, 4.69) is 0 Å². The van der Waals surface area contributed by atoms with Crippen molar-refractivity contribution < 1.29 is 19.4 Å². The molecule has 1 aliphatic heterocycles. The summed E-state index contributed by atoms with van der Waals surface area (Å²) in [4.78, 5) is 22.1. The molecule has 4 nitrogen and oxygen atoms in total. The summed E-state index contributed by atoms with van der Waals surface area (Å²) in [6.07, 6.45) is -0.194. The molecule has 1 heterocycles. The number of ketones is 1. The first-order valence-electron chi connectivity index (χ1n) is 5.15. The van der Waals surface area contributed by atoms with E-state index in [0.29, 0.717) is 6.42 Å². The van der Waals surface area contributed by atoms with Gasteiger partial charge in [0.25, 0.3) is 0 Å². The van der Waals surface area contributed by atoms with Gasteiger partial charge in [0.05, 0.1) is 5.56 Å². The first-order valence-corrected chi connectivity index (χ1v) is 5.15. The van der Waals surface area contributed by atoms with E-state index in [4.69, 9.17) is 9.84 Å². The largest absolute Gasteiger partial charge is 0.478 e. The molecule has 1 aliphatic rings. The van der Waals surface area contributed by atoms with Gasteiger partial charge in [0, 0.05) is 6.42 Å². The lowest BCUT2D eigenvalue weighted by Gasteiger charge is -1.98. The fourth-order valence-corrected chi connectivity index (χ4v) is 1.66. The summed E-state index contributed by atoms with van der Waals surface area (Å²) in [5.41, 5.74) is 0.974. The molecule has 16 heavy (non-hydrogen) atoms. The average molecular weight is 220 g/mol. The fraction of sp³-hybridized carbons (Fsp3) is 0.333. The molecule has 0 aliphatic carbocycles. The third-order valence-corrected chi connectivity index (χ3v) is 2.62. The van der Waals surface area contributed by atoms with Crippen molar-refractivity contribution in [1.82, 2.24) is 0 Å². The van der Waals surface area contributed by atoms with E-state index in [9.17, 15) is 9.59 Å². The van der Waals surface area contributed by atoms with E-state index in [-0.39, 0.29) is 23.6 Å². The van der Waals surface area contributed by atoms with Crippen LogP contribution in [0.2, 0.25) is 0 Å².